The maximum absolute atomic E-state index is 11.8. The molecule has 0 spiro atoms. The molecule has 0 saturated carbocycles. The van der Waals surface area contributed by atoms with Gasteiger partial charge in [-0.1, -0.05) is 11.6 Å². The molecule has 84 valence electrons. The molecule has 0 fully saturated rings. The Hall–Kier alpha value is -1.40. The molecule has 2 heterocycles. The lowest BCUT2D eigenvalue weighted by atomic mass is 10.3. The Morgan fingerprint density at radius 2 is 2.31 bits per heavy atom. The van der Waals surface area contributed by atoms with Crippen LogP contribution in [0, 0.1) is 6.92 Å². The van der Waals surface area contributed by atoms with Crippen LogP contribution in [0.1, 0.15) is 11.3 Å². The van der Waals surface area contributed by atoms with Crippen molar-refractivity contribution in [2.45, 2.75) is 13.5 Å². The van der Waals surface area contributed by atoms with Crippen molar-refractivity contribution < 1.29 is 0 Å². The Labute approximate surface area is 99.4 Å². The van der Waals surface area contributed by atoms with Gasteiger partial charge in [-0.15, -0.1) is 11.3 Å². The number of nitrogens with one attached hydrogen (secondary N) is 1. The van der Waals surface area contributed by atoms with E-state index in [0.29, 0.717) is 11.3 Å². The Morgan fingerprint density at radius 1 is 1.56 bits per heavy atom. The molecule has 2 aromatic rings. The summed E-state index contributed by atoms with van der Waals surface area (Å²) in [6.45, 7) is 1.73. The molecule has 2 aromatic heterocycles. The van der Waals surface area contributed by atoms with E-state index in [1.807, 2.05) is 0 Å². The van der Waals surface area contributed by atoms with Crippen molar-refractivity contribution in [3.05, 3.63) is 48.1 Å². The first kappa shape index (κ1) is 11.1. The minimum absolute atomic E-state index is 0.0875. The molecule has 0 aliphatic heterocycles. The summed E-state index contributed by atoms with van der Waals surface area (Å²) in [6.07, 6.45) is 0. The van der Waals surface area contributed by atoms with E-state index in [4.69, 9.17) is 11.6 Å². The molecule has 5 nitrogen and oxygen atoms in total. The summed E-state index contributed by atoms with van der Waals surface area (Å²) in [6, 6.07) is 0. The molecule has 0 bridgehead atoms. The van der Waals surface area contributed by atoms with Crippen molar-refractivity contribution in [3.63, 3.8) is 0 Å². The van der Waals surface area contributed by atoms with Gasteiger partial charge in [0.15, 0.2) is 0 Å². The zero-order valence-corrected chi connectivity index (χ0v) is 9.93. The van der Waals surface area contributed by atoms with Crippen molar-refractivity contribution in [1.29, 1.82) is 0 Å². The van der Waals surface area contributed by atoms with Crippen LogP contribution in [0.25, 0.3) is 0 Å². The molecule has 16 heavy (non-hydrogen) atoms. The standard InChI is InChI=1S/C9H8ClN3O2S/c1-5-7(10)12-9(15)13(8(5)14)2-6-3-16-4-11-6/h3-4H,2H2,1H3,(H,12,15). The summed E-state index contributed by atoms with van der Waals surface area (Å²) in [7, 11) is 0. The number of hydrogen-bond donors (Lipinski definition) is 1. The van der Waals surface area contributed by atoms with Crippen molar-refractivity contribution in [2.75, 3.05) is 0 Å². The van der Waals surface area contributed by atoms with Gasteiger partial charge in [0.05, 0.1) is 17.7 Å². The monoisotopic (exact) mass is 257 g/mol. The number of rotatable bonds is 2. The van der Waals surface area contributed by atoms with Crippen molar-refractivity contribution >= 4 is 22.9 Å². The van der Waals surface area contributed by atoms with Crippen LogP contribution >= 0.6 is 22.9 Å². The molecule has 0 amide bonds. The van der Waals surface area contributed by atoms with Gasteiger partial charge in [0.2, 0.25) is 0 Å². The van der Waals surface area contributed by atoms with E-state index < -0.39 is 5.69 Å². The van der Waals surface area contributed by atoms with Crippen LogP contribution in [0.4, 0.5) is 0 Å². The molecule has 0 unspecified atom stereocenters. The van der Waals surface area contributed by atoms with Crippen LogP contribution in [0.3, 0.4) is 0 Å². The first-order chi connectivity index (χ1) is 7.59. The fourth-order valence-electron chi connectivity index (χ4n) is 1.26. The third-order valence-corrected chi connectivity index (χ3v) is 3.17. The van der Waals surface area contributed by atoms with E-state index in [1.54, 1.807) is 17.8 Å². The summed E-state index contributed by atoms with van der Waals surface area (Å²) in [4.78, 5) is 29.7. The predicted octanol–water partition coefficient (Wildman–Crippen LogP) is 1.00. The van der Waals surface area contributed by atoms with Crippen LogP contribution in [0.2, 0.25) is 5.15 Å². The summed E-state index contributed by atoms with van der Waals surface area (Å²) >= 11 is 7.10. The second-order valence-corrected chi connectivity index (χ2v) is 4.34. The number of thiazole rings is 1. The van der Waals surface area contributed by atoms with Crippen LogP contribution in [0.15, 0.2) is 20.5 Å². The molecule has 0 saturated heterocycles. The van der Waals surface area contributed by atoms with Crippen molar-refractivity contribution in [3.8, 4) is 0 Å². The molecule has 1 N–H and O–H groups in total. The highest BCUT2D eigenvalue weighted by Gasteiger charge is 2.09. The average Bonchev–Trinajstić information content (AvgIpc) is 2.74. The van der Waals surface area contributed by atoms with Gasteiger partial charge < -0.3 is 0 Å². The van der Waals surface area contributed by atoms with Gasteiger partial charge >= 0.3 is 5.69 Å². The summed E-state index contributed by atoms with van der Waals surface area (Å²) in [5.74, 6) is 0. The third kappa shape index (κ3) is 1.94. The topological polar surface area (TPSA) is 67.8 Å². The van der Waals surface area contributed by atoms with E-state index in [-0.39, 0.29) is 17.3 Å². The van der Waals surface area contributed by atoms with Gasteiger partial charge in [-0.3, -0.25) is 14.3 Å². The maximum atomic E-state index is 11.8. The fraction of sp³-hybridized carbons (Fsp3) is 0.222. The van der Waals surface area contributed by atoms with Gasteiger partial charge in [-0.05, 0) is 6.92 Å². The molecule has 0 atom stereocenters. The zero-order chi connectivity index (χ0) is 11.7. The maximum Gasteiger partial charge on any atom is 0.329 e. The molecule has 7 heteroatoms. The summed E-state index contributed by atoms with van der Waals surface area (Å²) in [5, 5.41) is 1.88. The Kier molecular flexibility index (Phi) is 2.93. The number of nitrogens with zero attached hydrogens (tertiary/aromatic N) is 2. The Balaban J connectivity index is 2.54. The summed E-state index contributed by atoms with van der Waals surface area (Å²) < 4.78 is 1.08. The van der Waals surface area contributed by atoms with Gasteiger partial charge in [-0.2, -0.15) is 0 Å². The molecular formula is C9H8ClN3O2S. The predicted molar refractivity (Wildman–Crippen MR) is 62.3 cm³/mol. The largest absolute Gasteiger partial charge is 0.329 e. The number of H-pyrrole nitrogens is 1. The number of halogens is 1. The Bertz CT molecular complexity index is 615. The van der Waals surface area contributed by atoms with Crippen LogP contribution in [-0.4, -0.2) is 14.5 Å². The smallest absolute Gasteiger partial charge is 0.297 e. The first-order valence-corrected chi connectivity index (χ1v) is 5.78. The highest BCUT2D eigenvalue weighted by Crippen LogP contribution is 2.05. The lowest BCUT2D eigenvalue weighted by molar-refractivity contribution is 0.681. The van der Waals surface area contributed by atoms with Crippen molar-refractivity contribution in [1.82, 2.24) is 14.5 Å². The fourth-order valence-corrected chi connectivity index (χ4v) is 1.98. The van der Waals surface area contributed by atoms with Crippen LogP contribution in [-0.2, 0) is 6.54 Å². The second kappa shape index (κ2) is 4.23. The van der Waals surface area contributed by atoms with E-state index in [9.17, 15) is 9.59 Å². The molecule has 0 aliphatic carbocycles. The number of hydrogen-bond acceptors (Lipinski definition) is 4. The quantitative estimate of drug-likeness (QED) is 0.817. The number of aromatic nitrogens is 3. The highest BCUT2D eigenvalue weighted by molar-refractivity contribution is 7.07. The summed E-state index contributed by atoms with van der Waals surface area (Å²) in [5.41, 5.74) is 1.75. The number of aromatic amines is 1. The molecule has 0 radical (unpaired) electrons. The molecule has 2 rings (SSSR count). The normalized spacial score (nSPS) is 10.6. The van der Waals surface area contributed by atoms with E-state index >= 15 is 0 Å². The van der Waals surface area contributed by atoms with Gasteiger partial charge in [0, 0.05) is 10.9 Å². The highest BCUT2D eigenvalue weighted by atomic mass is 35.5. The van der Waals surface area contributed by atoms with Crippen LogP contribution in [0.5, 0.6) is 0 Å². The third-order valence-electron chi connectivity index (χ3n) is 2.16. The van der Waals surface area contributed by atoms with Gasteiger partial charge in [0.1, 0.15) is 5.15 Å². The van der Waals surface area contributed by atoms with E-state index in [2.05, 4.69) is 9.97 Å². The molecular weight excluding hydrogens is 250 g/mol. The first-order valence-electron chi connectivity index (χ1n) is 4.46. The molecule has 0 aromatic carbocycles. The second-order valence-electron chi connectivity index (χ2n) is 3.24. The lowest BCUT2D eigenvalue weighted by Crippen LogP contribution is -2.36. The zero-order valence-electron chi connectivity index (χ0n) is 8.36. The SMILES string of the molecule is Cc1c(Cl)[nH]c(=O)n(Cc2cscn2)c1=O. The van der Waals surface area contributed by atoms with E-state index in [0.717, 1.165) is 4.57 Å². The lowest BCUT2D eigenvalue weighted by Gasteiger charge is -2.04. The van der Waals surface area contributed by atoms with Crippen molar-refractivity contribution in [2.24, 2.45) is 0 Å². The minimum atomic E-state index is -0.520. The minimum Gasteiger partial charge on any atom is -0.297 e. The molecule has 0 aliphatic rings. The van der Waals surface area contributed by atoms with Gasteiger partial charge in [0.25, 0.3) is 5.56 Å². The van der Waals surface area contributed by atoms with Gasteiger partial charge in [-0.25, -0.2) is 9.78 Å². The average molecular weight is 258 g/mol. The Morgan fingerprint density at radius 3 is 2.94 bits per heavy atom. The van der Waals surface area contributed by atoms with Crippen LogP contribution < -0.4 is 11.2 Å². The van der Waals surface area contributed by atoms with E-state index in [1.165, 1.54) is 11.3 Å².